The van der Waals surface area contributed by atoms with Crippen molar-refractivity contribution in [1.82, 2.24) is 4.90 Å². The van der Waals surface area contributed by atoms with Crippen LogP contribution in [0.1, 0.15) is 38.7 Å². The van der Waals surface area contributed by atoms with Gasteiger partial charge in [-0.3, -0.25) is 4.90 Å². The molecule has 108 valence electrons. The van der Waals surface area contributed by atoms with Gasteiger partial charge in [-0.2, -0.15) is 0 Å². The molecule has 2 fully saturated rings. The van der Waals surface area contributed by atoms with Crippen molar-refractivity contribution in [3.05, 3.63) is 29.8 Å². The number of likely N-dealkylation sites (N-methyl/N-ethyl adjacent to an activating group) is 1. The van der Waals surface area contributed by atoms with Crippen molar-refractivity contribution < 1.29 is 0 Å². The molecule has 1 aromatic rings. The Morgan fingerprint density at radius 1 is 1.10 bits per heavy atom. The topological polar surface area (TPSA) is 6.48 Å². The van der Waals surface area contributed by atoms with Crippen LogP contribution in [0.4, 0.5) is 5.69 Å². The lowest BCUT2D eigenvalue weighted by molar-refractivity contribution is 0.0388. The first-order valence-electron chi connectivity index (χ1n) is 8.09. The molecule has 0 saturated carbocycles. The summed E-state index contributed by atoms with van der Waals surface area (Å²) in [4.78, 5) is 5.28. The summed E-state index contributed by atoms with van der Waals surface area (Å²) in [6, 6.07) is 9.84. The molecule has 0 amide bonds. The fourth-order valence-corrected chi connectivity index (χ4v) is 5.58. The highest BCUT2D eigenvalue weighted by molar-refractivity contribution is 5.63. The van der Waals surface area contributed by atoms with Gasteiger partial charge >= 0.3 is 0 Å². The molecule has 1 aromatic carbocycles. The zero-order valence-electron chi connectivity index (χ0n) is 13.0. The minimum atomic E-state index is 0.370. The second-order valence-corrected chi connectivity index (χ2v) is 7.81. The minimum absolute atomic E-state index is 0.370. The molecular weight excluding hydrogens is 244 g/mol. The van der Waals surface area contributed by atoms with Gasteiger partial charge < -0.3 is 4.90 Å². The molecule has 2 unspecified atom stereocenters. The van der Waals surface area contributed by atoms with Crippen LogP contribution in [-0.4, -0.2) is 37.6 Å². The van der Waals surface area contributed by atoms with Gasteiger partial charge in [-0.15, -0.1) is 0 Å². The number of nitrogens with zero attached hydrogens (tertiary/aromatic N) is 2. The third kappa shape index (κ3) is 1.49. The van der Waals surface area contributed by atoms with Crippen LogP contribution in [0.15, 0.2) is 24.3 Å². The van der Waals surface area contributed by atoms with Gasteiger partial charge in [0.1, 0.15) is 0 Å². The van der Waals surface area contributed by atoms with E-state index in [0.29, 0.717) is 10.8 Å². The molecule has 0 N–H and O–H groups in total. The van der Waals surface area contributed by atoms with E-state index in [-0.39, 0.29) is 0 Å². The lowest BCUT2D eigenvalue weighted by Crippen LogP contribution is -2.55. The number of rotatable bonds is 0. The quantitative estimate of drug-likeness (QED) is 0.714. The van der Waals surface area contributed by atoms with Gasteiger partial charge in [0.2, 0.25) is 0 Å². The first kappa shape index (κ1) is 12.7. The SMILES string of the molecule is CN1CC2(CCN3CCCC(C)(C)C32)c2ccccc21. The molecule has 3 aliphatic heterocycles. The third-order valence-corrected chi connectivity index (χ3v) is 6.11. The van der Waals surface area contributed by atoms with E-state index < -0.39 is 0 Å². The van der Waals surface area contributed by atoms with E-state index in [4.69, 9.17) is 0 Å². The molecule has 0 radical (unpaired) electrons. The predicted octanol–water partition coefficient (Wildman–Crippen LogP) is 3.27. The Balaban J connectivity index is 1.86. The van der Waals surface area contributed by atoms with Crippen molar-refractivity contribution in [2.45, 2.75) is 44.6 Å². The molecule has 3 aliphatic rings. The number of para-hydroxylation sites is 1. The summed E-state index contributed by atoms with van der Waals surface area (Å²) in [5, 5.41) is 0. The summed E-state index contributed by atoms with van der Waals surface area (Å²) in [5.74, 6) is 0. The van der Waals surface area contributed by atoms with E-state index in [1.165, 1.54) is 44.6 Å². The maximum Gasteiger partial charge on any atom is 0.0403 e. The Kier molecular flexibility index (Phi) is 2.54. The van der Waals surface area contributed by atoms with Crippen molar-refractivity contribution in [3.63, 3.8) is 0 Å². The molecule has 2 heteroatoms. The zero-order chi connectivity index (χ0) is 14.0. The molecule has 2 nitrogen and oxygen atoms in total. The third-order valence-electron chi connectivity index (χ3n) is 6.11. The van der Waals surface area contributed by atoms with Gasteiger partial charge in [-0.1, -0.05) is 32.0 Å². The standard InChI is InChI=1S/C18H26N2/c1-17(2)9-6-11-20-12-10-18(16(17)20)13-19(3)15-8-5-4-7-14(15)18/h4-5,7-8,16H,6,9-13H2,1-3H3. The van der Waals surface area contributed by atoms with Crippen LogP contribution < -0.4 is 4.90 Å². The molecule has 0 aromatic heterocycles. The van der Waals surface area contributed by atoms with Gasteiger partial charge in [0.15, 0.2) is 0 Å². The second-order valence-electron chi connectivity index (χ2n) is 7.81. The number of hydrogen-bond donors (Lipinski definition) is 0. The Morgan fingerprint density at radius 3 is 2.75 bits per heavy atom. The van der Waals surface area contributed by atoms with E-state index >= 15 is 0 Å². The number of anilines is 1. The number of piperidine rings is 1. The first-order valence-corrected chi connectivity index (χ1v) is 8.09. The first-order chi connectivity index (χ1) is 9.55. The number of hydrogen-bond acceptors (Lipinski definition) is 2. The van der Waals surface area contributed by atoms with Crippen LogP contribution in [-0.2, 0) is 5.41 Å². The minimum Gasteiger partial charge on any atom is -0.373 e. The Morgan fingerprint density at radius 2 is 1.90 bits per heavy atom. The van der Waals surface area contributed by atoms with Crippen LogP contribution in [0.5, 0.6) is 0 Å². The lowest BCUT2D eigenvalue weighted by atomic mass is 9.63. The number of benzene rings is 1. The molecular formula is C18H26N2. The van der Waals surface area contributed by atoms with Crippen molar-refractivity contribution in [3.8, 4) is 0 Å². The Labute approximate surface area is 122 Å². The van der Waals surface area contributed by atoms with Crippen molar-refractivity contribution in [2.24, 2.45) is 5.41 Å². The van der Waals surface area contributed by atoms with Crippen molar-refractivity contribution in [2.75, 3.05) is 31.6 Å². The summed E-state index contributed by atoms with van der Waals surface area (Å²) < 4.78 is 0. The second kappa shape index (κ2) is 4.00. The molecule has 0 bridgehead atoms. The molecule has 20 heavy (non-hydrogen) atoms. The van der Waals surface area contributed by atoms with Gasteiger partial charge in [0.25, 0.3) is 0 Å². The predicted molar refractivity (Wildman–Crippen MR) is 84.4 cm³/mol. The fourth-order valence-electron chi connectivity index (χ4n) is 5.58. The van der Waals surface area contributed by atoms with E-state index in [1.807, 2.05) is 0 Å². The summed E-state index contributed by atoms with van der Waals surface area (Å²) in [5.41, 5.74) is 3.89. The summed E-state index contributed by atoms with van der Waals surface area (Å²) in [7, 11) is 2.27. The maximum atomic E-state index is 2.79. The fraction of sp³-hybridized carbons (Fsp3) is 0.667. The van der Waals surface area contributed by atoms with Gasteiger partial charge in [0, 0.05) is 30.7 Å². The average Bonchev–Trinajstić information content (AvgIpc) is 2.92. The summed E-state index contributed by atoms with van der Waals surface area (Å²) >= 11 is 0. The van der Waals surface area contributed by atoms with Crippen molar-refractivity contribution >= 4 is 5.69 Å². The van der Waals surface area contributed by atoms with Crippen LogP contribution >= 0.6 is 0 Å². The molecule has 0 aliphatic carbocycles. The highest BCUT2D eigenvalue weighted by Crippen LogP contribution is 2.56. The Bertz CT molecular complexity index is 536. The highest BCUT2D eigenvalue weighted by Gasteiger charge is 2.58. The normalized spacial score (nSPS) is 35.4. The molecule has 2 saturated heterocycles. The summed E-state index contributed by atoms with van der Waals surface area (Å²) in [6.07, 6.45) is 4.08. The Hall–Kier alpha value is -1.02. The monoisotopic (exact) mass is 270 g/mol. The molecule has 1 spiro atoms. The van der Waals surface area contributed by atoms with E-state index in [9.17, 15) is 0 Å². The highest BCUT2D eigenvalue weighted by atomic mass is 15.3. The molecule has 2 atom stereocenters. The summed E-state index contributed by atoms with van der Waals surface area (Å²) in [6.45, 7) is 8.80. The average molecular weight is 270 g/mol. The van der Waals surface area contributed by atoms with E-state index in [0.717, 1.165) is 6.04 Å². The van der Waals surface area contributed by atoms with E-state index in [2.05, 4.69) is 55.0 Å². The molecule has 4 rings (SSSR count). The van der Waals surface area contributed by atoms with Crippen LogP contribution in [0, 0.1) is 5.41 Å². The van der Waals surface area contributed by atoms with Gasteiger partial charge in [0.05, 0.1) is 0 Å². The van der Waals surface area contributed by atoms with Crippen LogP contribution in [0.3, 0.4) is 0 Å². The lowest BCUT2D eigenvalue weighted by Gasteiger charge is -2.49. The van der Waals surface area contributed by atoms with Gasteiger partial charge in [-0.25, -0.2) is 0 Å². The van der Waals surface area contributed by atoms with E-state index in [1.54, 1.807) is 5.56 Å². The van der Waals surface area contributed by atoms with Gasteiger partial charge in [-0.05, 0) is 49.4 Å². The maximum absolute atomic E-state index is 2.79. The molecule has 3 heterocycles. The zero-order valence-corrected chi connectivity index (χ0v) is 13.0. The van der Waals surface area contributed by atoms with Crippen molar-refractivity contribution in [1.29, 1.82) is 0 Å². The van der Waals surface area contributed by atoms with Crippen LogP contribution in [0.2, 0.25) is 0 Å². The number of fused-ring (bicyclic) bond motifs is 4. The van der Waals surface area contributed by atoms with Crippen LogP contribution in [0.25, 0.3) is 0 Å². The largest absolute Gasteiger partial charge is 0.373 e. The smallest absolute Gasteiger partial charge is 0.0403 e.